The Morgan fingerprint density at radius 2 is 1.73 bits per heavy atom. The number of hydrogen-bond acceptors (Lipinski definition) is 2. The number of hydrazine groups is 1. The van der Waals surface area contributed by atoms with Crippen LogP contribution in [0.2, 0.25) is 0 Å². The Bertz CT molecular complexity index is 282. The predicted octanol–water partition coefficient (Wildman–Crippen LogP) is 3.82. The molecule has 0 aromatic heterocycles. The Labute approximate surface area is 94.3 Å². The Morgan fingerprint density at radius 3 is 2.33 bits per heavy atom. The zero-order valence-corrected chi connectivity index (χ0v) is 10.9. The number of fused-ring (bicyclic) bond motifs is 1. The second kappa shape index (κ2) is 7.30. The van der Waals surface area contributed by atoms with E-state index >= 15 is 0 Å². The predicted molar refractivity (Wildman–Crippen MR) is 69.0 cm³/mol. The highest BCUT2D eigenvalue weighted by Gasteiger charge is 2.13. The third kappa shape index (κ3) is 3.92. The Balaban J connectivity index is 0.000000442. The lowest BCUT2D eigenvalue weighted by Crippen LogP contribution is -2.16. The van der Waals surface area contributed by atoms with Gasteiger partial charge in [-0.2, -0.15) is 0 Å². The zero-order valence-electron chi connectivity index (χ0n) is 10.9. The summed E-state index contributed by atoms with van der Waals surface area (Å²) in [6, 6.07) is 6.49. The van der Waals surface area contributed by atoms with Crippen molar-refractivity contribution in [3.05, 3.63) is 29.3 Å². The summed E-state index contributed by atoms with van der Waals surface area (Å²) in [7, 11) is 2.05. The second-order valence-electron chi connectivity index (χ2n) is 3.13. The molecule has 0 saturated carbocycles. The quantitative estimate of drug-likeness (QED) is 0.697. The normalized spacial score (nSPS) is 12.7. The van der Waals surface area contributed by atoms with Crippen LogP contribution in [0.1, 0.15) is 38.8 Å². The number of aryl methyl sites for hydroxylation is 1. The van der Waals surface area contributed by atoms with Gasteiger partial charge in [0.2, 0.25) is 0 Å². The van der Waals surface area contributed by atoms with E-state index in [1.165, 1.54) is 16.8 Å². The molecule has 1 heterocycles. The summed E-state index contributed by atoms with van der Waals surface area (Å²) in [4.78, 5) is 0. The summed E-state index contributed by atoms with van der Waals surface area (Å²) in [5.74, 6) is 0. The van der Waals surface area contributed by atoms with E-state index < -0.39 is 0 Å². The van der Waals surface area contributed by atoms with Gasteiger partial charge in [0.25, 0.3) is 0 Å². The molecule has 86 valence electrons. The Morgan fingerprint density at radius 1 is 1.13 bits per heavy atom. The number of anilines is 1. The highest BCUT2D eigenvalue weighted by atomic mass is 15.5. The van der Waals surface area contributed by atoms with Crippen LogP contribution in [-0.4, -0.2) is 12.1 Å². The van der Waals surface area contributed by atoms with E-state index in [0.29, 0.717) is 0 Å². The molecule has 0 atom stereocenters. The van der Waals surface area contributed by atoms with E-state index in [1.54, 1.807) is 0 Å². The van der Waals surface area contributed by atoms with Gasteiger partial charge in [0.15, 0.2) is 0 Å². The van der Waals surface area contributed by atoms with Crippen LogP contribution in [-0.2, 0) is 6.54 Å². The van der Waals surface area contributed by atoms with Crippen molar-refractivity contribution in [2.75, 3.05) is 12.5 Å². The fraction of sp³-hybridized carbons (Fsp3) is 0.538. The van der Waals surface area contributed by atoms with Gasteiger partial charge in [0, 0.05) is 13.6 Å². The maximum absolute atomic E-state index is 3.26. The minimum absolute atomic E-state index is 1.01. The summed E-state index contributed by atoms with van der Waals surface area (Å²) in [5, 5.41) is 2.09. The van der Waals surface area contributed by atoms with Gasteiger partial charge in [0.05, 0.1) is 5.69 Å². The molecule has 15 heavy (non-hydrogen) atoms. The molecule has 0 saturated heterocycles. The third-order valence-electron chi connectivity index (χ3n) is 1.98. The molecule has 1 aromatic rings. The molecule has 0 aliphatic carbocycles. The van der Waals surface area contributed by atoms with Gasteiger partial charge in [-0.3, -0.25) is 0 Å². The van der Waals surface area contributed by atoms with Crippen LogP contribution in [0.3, 0.4) is 0 Å². The number of nitrogens with zero attached hydrogens (tertiary/aromatic N) is 1. The van der Waals surface area contributed by atoms with E-state index in [4.69, 9.17) is 0 Å². The average Bonchev–Trinajstić information content (AvgIpc) is 2.63. The first-order chi connectivity index (χ1) is 7.25. The fourth-order valence-corrected chi connectivity index (χ4v) is 1.46. The summed E-state index contributed by atoms with van der Waals surface area (Å²) >= 11 is 0. The van der Waals surface area contributed by atoms with Crippen LogP contribution in [0.5, 0.6) is 0 Å². The smallest absolute Gasteiger partial charge is 0.0536 e. The van der Waals surface area contributed by atoms with Gasteiger partial charge < -0.3 is 5.43 Å². The van der Waals surface area contributed by atoms with E-state index in [2.05, 4.69) is 42.6 Å². The zero-order chi connectivity index (χ0) is 11.8. The van der Waals surface area contributed by atoms with Crippen molar-refractivity contribution in [1.29, 1.82) is 0 Å². The van der Waals surface area contributed by atoms with Gasteiger partial charge in [-0.1, -0.05) is 45.4 Å². The molecule has 0 unspecified atom stereocenters. The van der Waals surface area contributed by atoms with Crippen LogP contribution in [0.15, 0.2) is 18.2 Å². The van der Waals surface area contributed by atoms with Gasteiger partial charge in [-0.05, 0) is 18.6 Å². The molecule has 2 rings (SSSR count). The summed E-state index contributed by atoms with van der Waals surface area (Å²) in [6.07, 6.45) is 0. The summed E-state index contributed by atoms with van der Waals surface area (Å²) in [5.41, 5.74) is 7.24. The molecule has 0 spiro atoms. The molecule has 0 bridgehead atoms. The van der Waals surface area contributed by atoms with Gasteiger partial charge in [-0.15, -0.1) is 0 Å². The van der Waals surface area contributed by atoms with Crippen molar-refractivity contribution in [2.24, 2.45) is 0 Å². The standard InChI is InChI=1S/C9H12N2.2C2H6/c1-7-3-4-9-8(5-7)6-11(2)10-9;2*1-2/h3-5,10H,6H2,1-2H3;2*1-2H3. The summed E-state index contributed by atoms with van der Waals surface area (Å²) < 4.78 is 0. The van der Waals surface area contributed by atoms with Crippen molar-refractivity contribution < 1.29 is 0 Å². The first-order valence-corrected chi connectivity index (χ1v) is 5.83. The van der Waals surface area contributed by atoms with Crippen LogP contribution in [0.25, 0.3) is 0 Å². The molecular formula is C13H24N2. The second-order valence-corrected chi connectivity index (χ2v) is 3.13. The average molecular weight is 208 g/mol. The maximum Gasteiger partial charge on any atom is 0.0536 e. The minimum atomic E-state index is 1.01. The number of benzene rings is 1. The number of hydrogen-bond donors (Lipinski definition) is 1. The molecule has 1 aliphatic rings. The van der Waals surface area contributed by atoms with E-state index in [-0.39, 0.29) is 0 Å². The summed E-state index contributed by atoms with van der Waals surface area (Å²) in [6.45, 7) is 11.1. The van der Waals surface area contributed by atoms with Crippen LogP contribution < -0.4 is 5.43 Å². The number of nitrogens with one attached hydrogen (secondary N) is 1. The van der Waals surface area contributed by atoms with Crippen molar-refractivity contribution >= 4 is 5.69 Å². The Kier molecular flexibility index (Phi) is 6.80. The topological polar surface area (TPSA) is 15.3 Å². The highest BCUT2D eigenvalue weighted by Crippen LogP contribution is 2.24. The molecule has 0 fully saturated rings. The molecule has 0 amide bonds. The van der Waals surface area contributed by atoms with E-state index in [1.807, 2.05) is 27.7 Å². The SMILES string of the molecule is CC.CC.Cc1ccc2c(c1)CN(C)N2. The van der Waals surface area contributed by atoms with Crippen LogP contribution in [0.4, 0.5) is 5.69 Å². The van der Waals surface area contributed by atoms with Crippen molar-refractivity contribution in [3.63, 3.8) is 0 Å². The largest absolute Gasteiger partial charge is 0.318 e. The lowest BCUT2D eigenvalue weighted by atomic mass is 10.1. The lowest BCUT2D eigenvalue weighted by Gasteiger charge is -2.06. The van der Waals surface area contributed by atoms with Gasteiger partial charge >= 0.3 is 0 Å². The molecule has 2 heteroatoms. The third-order valence-corrected chi connectivity index (χ3v) is 1.98. The van der Waals surface area contributed by atoms with E-state index in [9.17, 15) is 0 Å². The van der Waals surface area contributed by atoms with E-state index in [0.717, 1.165) is 6.54 Å². The first kappa shape index (κ1) is 14.0. The van der Waals surface area contributed by atoms with Gasteiger partial charge in [-0.25, -0.2) is 5.01 Å². The molecule has 0 radical (unpaired) electrons. The van der Waals surface area contributed by atoms with Crippen molar-refractivity contribution in [1.82, 2.24) is 5.01 Å². The number of rotatable bonds is 0. The van der Waals surface area contributed by atoms with Crippen LogP contribution in [0, 0.1) is 6.92 Å². The highest BCUT2D eigenvalue weighted by molar-refractivity contribution is 5.54. The Hall–Kier alpha value is -1.02. The molecule has 1 N–H and O–H groups in total. The van der Waals surface area contributed by atoms with Crippen molar-refractivity contribution in [2.45, 2.75) is 41.2 Å². The van der Waals surface area contributed by atoms with Crippen LogP contribution >= 0.6 is 0 Å². The molecular weight excluding hydrogens is 184 g/mol. The molecule has 2 nitrogen and oxygen atoms in total. The fourth-order valence-electron chi connectivity index (χ4n) is 1.46. The lowest BCUT2D eigenvalue weighted by molar-refractivity contribution is 0.422. The monoisotopic (exact) mass is 208 g/mol. The van der Waals surface area contributed by atoms with Crippen molar-refractivity contribution in [3.8, 4) is 0 Å². The molecule has 1 aliphatic heterocycles. The van der Waals surface area contributed by atoms with Gasteiger partial charge in [0.1, 0.15) is 0 Å². The maximum atomic E-state index is 3.26. The first-order valence-electron chi connectivity index (χ1n) is 5.83. The minimum Gasteiger partial charge on any atom is -0.318 e. The molecule has 1 aromatic carbocycles.